The summed E-state index contributed by atoms with van der Waals surface area (Å²) in [5, 5.41) is -0.671. The van der Waals surface area contributed by atoms with Gasteiger partial charge < -0.3 is 11.5 Å². The number of rotatable bonds is 4. The molecular formula is C17H20N2O2S. The van der Waals surface area contributed by atoms with E-state index < -0.39 is 20.6 Å². The smallest absolute Gasteiger partial charge is 0.183 e. The molecule has 0 aliphatic heterocycles. The molecule has 22 heavy (non-hydrogen) atoms. The van der Waals surface area contributed by atoms with Crippen molar-refractivity contribution in [3.63, 3.8) is 0 Å². The van der Waals surface area contributed by atoms with Gasteiger partial charge in [0.2, 0.25) is 0 Å². The van der Waals surface area contributed by atoms with Crippen LogP contribution in [0.25, 0.3) is 0 Å². The van der Waals surface area contributed by atoms with Crippen LogP contribution in [0.4, 0.5) is 0 Å². The van der Waals surface area contributed by atoms with Crippen LogP contribution in [-0.2, 0) is 9.84 Å². The minimum atomic E-state index is -3.50. The van der Waals surface area contributed by atoms with E-state index in [0.717, 1.165) is 11.1 Å². The van der Waals surface area contributed by atoms with Crippen molar-refractivity contribution >= 4 is 9.84 Å². The van der Waals surface area contributed by atoms with Crippen LogP contribution in [0.15, 0.2) is 59.5 Å². The Balaban J connectivity index is 2.01. The molecule has 0 bridgehead atoms. The molecule has 0 radical (unpaired) electrons. The summed E-state index contributed by atoms with van der Waals surface area (Å²) < 4.78 is 25.9. The Morgan fingerprint density at radius 3 is 2.18 bits per heavy atom. The van der Waals surface area contributed by atoms with E-state index in [4.69, 9.17) is 11.5 Å². The fourth-order valence-electron chi connectivity index (χ4n) is 3.15. The number of nitrogens with two attached hydrogens (primary N) is 2. The lowest BCUT2D eigenvalue weighted by Gasteiger charge is -2.09. The van der Waals surface area contributed by atoms with Crippen molar-refractivity contribution in [2.45, 2.75) is 28.5 Å². The summed E-state index contributed by atoms with van der Waals surface area (Å²) in [4.78, 5) is 0.310. The molecular weight excluding hydrogens is 296 g/mol. The van der Waals surface area contributed by atoms with Gasteiger partial charge in [-0.05, 0) is 24.6 Å². The summed E-state index contributed by atoms with van der Waals surface area (Å²) in [5.41, 5.74) is 13.2. The third-order valence-electron chi connectivity index (χ3n) is 4.50. The summed E-state index contributed by atoms with van der Waals surface area (Å²) in [6, 6.07) is 16.4. The Hall–Kier alpha value is -1.69. The summed E-state index contributed by atoms with van der Waals surface area (Å²) >= 11 is 0. The molecule has 1 fully saturated rings. The third kappa shape index (κ3) is 2.26. The lowest BCUT2D eigenvalue weighted by Crippen LogP contribution is -2.39. The Bertz CT molecular complexity index is 772. The molecule has 2 aromatic rings. The Morgan fingerprint density at radius 1 is 1.05 bits per heavy atom. The van der Waals surface area contributed by atoms with E-state index in [-0.39, 0.29) is 12.5 Å². The maximum absolute atomic E-state index is 12.9. The molecule has 0 amide bonds. The van der Waals surface area contributed by atoms with Gasteiger partial charge in [-0.3, -0.25) is 0 Å². The second-order valence-electron chi connectivity index (χ2n) is 5.98. The normalized spacial score (nSPS) is 27.6. The van der Waals surface area contributed by atoms with Crippen LogP contribution >= 0.6 is 0 Å². The van der Waals surface area contributed by atoms with Gasteiger partial charge >= 0.3 is 0 Å². The molecule has 2 aromatic carbocycles. The Kier molecular flexibility index (Phi) is 3.59. The monoisotopic (exact) mass is 316 g/mol. The molecule has 1 aliphatic rings. The highest BCUT2D eigenvalue weighted by molar-refractivity contribution is 7.92. The molecule has 1 aliphatic carbocycles. The van der Waals surface area contributed by atoms with Gasteiger partial charge in [0.1, 0.15) is 0 Å². The zero-order valence-electron chi connectivity index (χ0n) is 12.4. The van der Waals surface area contributed by atoms with Gasteiger partial charge in [0.25, 0.3) is 0 Å². The van der Waals surface area contributed by atoms with Crippen molar-refractivity contribution in [1.29, 1.82) is 0 Å². The number of sulfone groups is 1. The molecule has 0 spiro atoms. The van der Waals surface area contributed by atoms with Crippen LogP contribution in [0.1, 0.15) is 17.0 Å². The zero-order chi connectivity index (χ0) is 16.0. The van der Waals surface area contributed by atoms with Crippen molar-refractivity contribution in [2.75, 3.05) is 6.54 Å². The SMILES string of the molecule is Cc1ccc(S(=O)(=O)C2C(c3ccccc3)C2(N)CN)cc1. The van der Waals surface area contributed by atoms with E-state index in [1.54, 1.807) is 24.3 Å². The minimum absolute atomic E-state index is 0.141. The van der Waals surface area contributed by atoms with E-state index >= 15 is 0 Å². The van der Waals surface area contributed by atoms with Gasteiger partial charge in [-0.25, -0.2) is 8.42 Å². The molecule has 3 rings (SSSR count). The fourth-order valence-corrected chi connectivity index (χ4v) is 5.47. The van der Waals surface area contributed by atoms with E-state index in [9.17, 15) is 8.42 Å². The van der Waals surface area contributed by atoms with E-state index in [1.165, 1.54) is 0 Å². The summed E-state index contributed by atoms with van der Waals surface area (Å²) in [6.45, 7) is 2.07. The number of aryl methyl sites for hydroxylation is 1. The summed E-state index contributed by atoms with van der Waals surface area (Å²) in [6.07, 6.45) is 0. The highest BCUT2D eigenvalue weighted by Crippen LogP contribution is 2.55. The van der Waals surface area contributed by atoms with Crippen LogP contribution in [0.3, 0.4) is 0 Å². The van der Waals surface area contributed by atoms with Crippen LogP contribution in [0, 0.1) is 6.92 Å². The lowest BCUT2D eigenvalue weighted by atomic mass is 10.1. The second-order valence-corrected chi connectivity index (χ2v) is 8.05. The van der Waals surface area contributed by atoms with Crippen LogP contribution < -0.4 is 11.5 Å². The average molecular weight is 316 g/mol. The van der Waals surface area contributed by atoms with Crippen molar-refractivity contribution in [2.24, 2.45) is 11.5 Å². The van der Waals surface area contributed by atoms with Gasteiger partial charge in [-0.15, -0.1) is 0 Å². The predicted octanol–water partition coefficient (Wildman–Crippen LogP) is 1.59. The first-order chi connectivity index (χ1) is 10.4. The quantitative estimate of drug-likeness (QED) is 0.897. The second kappa shape index (κ2) is 5.19. The first-order valence-electron chi connectivity index (χ1n) is 7.26. The first kappa shape index (κ1) is 15.2. The number of hydrogen-bond acceptors (Lipinski definition) is 4. The molecule has 0 aromatic heterocycles. The number of hydrogen-bond donors (Lipinski definition) is 2. The highest BCUT2D eigenvalue weighted by atomic mass is 32.2. The van der Waals surface area contributed by atoms with Crippen LogP contribution in [0.2, 0.25) is 0 Å². The van der Waals surface area contributed by atoms with E-state index in [1.807, 2.05) is 37.3 Å². The van der Waals surface area contributed by atoms with E-state index in [2.05, 4.69) is 0 Å². The molecule has 116 valence electrons. The third-order valence-corrected chi connectivity index (χ3v) is 6.81. The standard InChI is InChI=1S/C17H20N2O2S/c1-12-7-9-14(10-8-12)22(20,21)16-15(17(16,19)11-18)13-5-3-2-4-6-13/h2-10,15-16H,11,18-19H2,1H3. The summed E-state index contributed by atoms with van der Waals surface area (Å²) in [7, 11) is -3.50. The van der Waals surface area contributed by atoms with Gasteiger partial charge in [0, 0.05) is 12.5 Å². The Morgan fingerprint density at radius 2 is 1.64 bits per heavy atom. The van der Waals surface area contributed by atoms with Gasteiger partial charge in [-0.1, -0.05) is 48.0 Å². The lowest BCUT2D eigenvalue weighted by molar-refractivity contribution is 0.586. The van der Waals surface area contributed by atoms with Crippen molar-refractivity contribution in [3.05, 3.63) is 65.7 Å². The molecule has 1 saturated carbocycles. The van der Waals surface area contributed by atoms with Gasteiger partial charge in [-0.2, -0.15) is 0 Å². The summed E-state index contributed by atoms with van der Waals surface area (Å²) in [5.74, 6) is -0.259. The van der Waals surface area contributed by atoms with Gasteiger partial charge in [0.05, 0.1) is 15.7 Å². The van der Waals surface area contributed by atoms with Crippen LogP contribution in [-0.4, -0.2) is 25.8 Å². The van der Waals surface area contributed by atoms with Crippen LogP contribution in [0.5, 0.6) is 0 Å². The molecule has 4 nitrogen and oxygen atoms in total. The molecule has 3 unspecified atom stereocenters. The fraction of sp³-hybridized carbons (Fsp3) is 0.294. The molecule has 0 heterocycles. The highest BCUT2D eigenvalue weighted by Gasteiger charge is 2.68. The largest absolute Gasteiger partial charge is 0.329 e. The maximum Gasteiger partial charge on any atom is 0.183 e. The average Bonchev–Trinajstić information content (AvgIpc) is 3.16. The maximum atomic E-state index is 12.9. The number of benzene rings is 2. The van der Waals surface area contributed by atoms with Crippen molar-refractivity contribution in [1.82, 2.24) is 0 Å². The molecule has 0 saturated heterocycles. The molecule has 3 atom stereocenters. The minimum Gasteiger partial charge on any atom is -0.329 e. The van der Waals surface area contributed by atoms with Crippen molar-refractivity contribution < 1.29 is 8.42 Å². The Labute approximate surface area is 131 Å². The first-order valence-corrected chi connectivity index (χ1v) is 8.80. The molecule has 4 N–H and O–H groups in total. The van der Waals surface area contributed by atoms with Crippen molar-refractivity contribution in [3.8, 4) is 0 Å². The zero-order valence-corrected chi connectivity index (χ0v) is 13.3. The van der Waals surface area contributed by atoms with E-state index in [0.29, 0.717) is 4.90 Å². The predicted molar refractivity (Wildman–Crippen MR) is 87.3 cm³/mol. The van der Waals surface area contributed by atoms with Gasteiger partial charge in [0.15, 0.2) is 9.84 Å². The molecule has 5 heteroatoms. The topological polar surface area (TPSA) is 86.2 Å².